The summed E-state index contributed by atoms with van der Waals surface area (Å²) in [5, 5.41) is 2.19. The normalized spacial score (nSPS) is 28.0. The van der Waals surface area contributed by atoms with E-state index in [0.29, 0.717) is 0 Å². The summed E-state index contributed by atoms with van der Waals surface area (Å²) in [6.45, 7) is 6.77. The SMILES string of the molecule is CC1=C(C)C(C)(I)c2sccc21. The second-order valence-electron chi connectivity index (χ2n) is 3.42. The third-order valence-corrected chi connectivity index (χ3v) is 5.61. The van der Waals surface area contributed by atoms with Crippen LogP contribution >= 0.6 is 33.9 Å². The molecule has 0 fully saturated rings. The molecule has 0 saturated carbocycles. The number of hydrogen-bond donors (Lipinski definition) is 0. The number of hydrogen-bond acceptors (Lipinski definition) is 1. The van der Waals surface area contributed by atoms with Crippen LogP contribution in [-0.2, 0) is 3.42 Å². The topological polar surface area (TPSA) is 0 Å². The zero-order valence-corrected chi connectivity index (χ0v) is 10.4. The fraction of sp³-hybridized carbons (Fsp3) is 0.400. The highest BCUT2D eigenvalue weighted by Gasteiger charge is 2.36. The Kier molecular flexibility index (Phi) is 1.88. The van der Waals surface area contributed by atoms with Gasteiger partial charge in [0.05, 0.1) is 3.42 Å². The summed E-state index contributed by atoms with van der Waals surface area (Å²) in [4.78, 5) is 1.53. The Morgan fingerprint density at radius 3 is 2.67 bits per heavy atom. The van der Waals surface area contributed by atoms with E-state index in [4.69, 9.17) is 0 Å². The molecular formula is C10H11IS. The van der Waals surface area contributed by atoms with Crippen molar-refractivity contribution in [1.29, 1.82) is 0 Å². The minimum absolute atomic E-state index is 0.255. The van der Waals surface area contributed by atoms with Gasteiger partial charge in [-0.05, 0) is 48.9 Å². The molecule has 0 bridgehead atoms. The quantitative estimate of drug-likeness (QED) is 0.496. The standard InChI is InChI=1S/C10H11IS/c1-6-7(2)10(3,11)9-8(6)4-5-12-9/h4-5H,1-3H3. The number of fused-ring (bicyclic) bond motifs is 1. The van der Waals surface area contributed by atoms with E-state index in [1.165, 1.54) is 21.6 Å². The molecule has 12 heavy (non-hydrogen) atoms. The van der Waals surface area contributed by atoms with Crippen molar-refractivity contribution in [2.75, 3.05) is 0 Å². The minimum Gasteiger partial charge on any atom is -0.147 e. The zero-order valence-electron chi connectivity index (χ0n) is 7.44. The van der Waals surface area contributed by atoms with E-state index in [2.05, 4.69) is 54.8 Å². The highest BCUT2D eigenvalue weighted by molar-refractivity contribution is 14.1. The van der Waals surface area contributed by atoms with Crippen LogP contribution in [0.4, 0.5) is 0 Å². The van der Waals surface area contributed by atoms with Crippen LogP contribution < -0.4 is 0 Å². The van der Waals surface area contributed by atoms with Gasteiger partial charge in [-0.25, -0.2) is 0 Å². The molecule has 0 spiro atoms. The lowest BCUT2D eigenvalue weighted by atomic mass is 10.1. The van der Waals surface area contributed by atoms with Gasteiger partial charge in [-0.2, -0.15) is 0 Å². The van der Waals surface area contributed by atoms with Crippen LogP contribution in [0.5, 0.6) is 0 Å². The Balaban J connectivity index is 2.72. The highest BCUT2D eigenvalue weighted by atomic mass is 127. The highest BCUT2D eigenvalue weighted by Crippen LogP contribution is 2.52. The molecule has 2 rings (SSSR count). The van der Waals surface area contributed by atoms with Crippen LogP contribution in [0, 0.1) is 0 Å². The van der Waals surface area contributed by atoms with Gasteiger partial charge in [0.15, 0.2) is 0 Å². The molecule has 1 atom stereocenters. The Morgan fingerprint density at radius 1 is 1.42 bits per heavy atom. The molecule has 1 aromatic rings. The summed E-state index contributed by atoms with van der Waals surface area (Å²) >= 11 is 4.43. The minimum atomic E-state index is 0.255. The van der Waals surface area contributed by atoms with E-state index in [1.807, 2.05) is 11.3 Å². The van der Waals surface area contributed by atoms with E-state index >= 15 is 0 Å². The Labute approximate surface area is 90.8 Å². The van der Waals surface area contributed by atoms with Crippen LogP contribution in [-0.4, -0.2) is 0 Å². The van der Waals surface area contributed by atoms with E-state index < -0.39 is 0 Å². The Morgan fingerprint density at radius 2 is 2.08 bits per heavy atom. The van der Waals surface area contributed by atoms with Crippen LogP contribution in [0.25, 0.3) is 5.57 Å². The summed E-state index contributed by atoms with van der Waals surface area (Å²) in [6, 6.07) is 2.24. The maximum absolute atomic E-state index is 2.55. The van der Waals surface area contributed by atoms with Crippen LogP contribution in [0.2, 0.25) is 0 Å². The van der Waals surface area contributed by atoms with Crippen LogP contribution in [0.1, 0.15) is 31.2 Å². The molecule has 1 aliphatic rings. The van der Waals surface area contributed by atoms with Crippen molar-refractivity contribution >= 4 is 39.5 Å². The number of allylic oxidation sites excluding steroid dienone is 2. The zero-order chi connectivity index (χ0) is 8.93. The lowest BCUT2D eigenvalue weighted by Gasteiger charge is -2.17. The summed E-state index contributed by atoms with van der Waals surface area (Å²) in [7, 11) is 0. The van der Waals surface area contributed by atoms with Crippen molar-refractivity contribution in [3.8, 4) is 0 Å². The van der Waals surface area contributed by atoms with Gasteiger partial charge < -0.3 is 0 Å². The van der Waals surface area contributed by atoms with Crippen molar-refractivity contribution < 1.29 is 0 Å². The predicted molar refractivity (Wildman–Crippen MR) is 64.0 cm³/mol. The monoisotopic (exact) mass is 290 g/mol. The van der Waals surface area contributed by atoms with Crippen molar-refractivity contribution in [3.63, 3.8) is 0 Å². The third-order valence-electron chi connectivity index (χ3n) is 2.76. The summed E-state index contributed by atoms with van der Waals surface area (Å²) in [5.74, 6) is 0. The van der Waals surface area contributed by atoms with Gasteiger partial charge in [0.25, 0.3) is 0 Å². The molecule has 0 N–H and O–H groups in total. The van der Waals surface area contributed by atoms with Gasteiger partial charge in [0.2, 0.25) is 0 Å². The van der Waals surface area contributed by atoms with Crippen molar-refractivity contribution in [2.45, 2.75) is 24.2 Å². The molecule has 64 valence electrons. The molecule has 1 aromatic heterocycles. The smallest absolute Gasteiger partial charge is 0.0752 e. The fourth-order valence-corrected chi connectivity index (χ4v) is 3.83. The first kappa shape index (κ1) is 8.75. The molecule has 1 unspecified atom stereocenters. The molecule has 2 heteroatoms. The first-order valence-corrected chi connectivity index (χ1v) is 5.96. The first-order valence-electron chi connectivity index (χ1n) is 4.00. The van der Waals surface area contributed by atoms with Crippen molar-refractivity contribution in [1.82, 2.24) is 0 Å². The number of rotatable bonds is 0. The van der Waals surface area contributed by atoms with E-state index in [9.17, 15) is 0 Å². The predicted octanol–water partition coefficient (Wildman–Crippen LogP) is 4.21. The first-order chi connectivity index (χ1) is 5.55. The second-order valence-corrected chi connectivity index (χ2v) is 6.49. The molecule has 0 radical (unpaired) electrons. The molecule has 1 heterocycles. The average molecular weight is 290 g/mol. The molecule has 0 aliphatic heterocycles. The van der Waals surface area contributed by atoms with Gasteiger partial charge in [-0.3, -0.25) is 0 Å². The van der Waals surface area contributed by atoms with E-state index in [-0.39, 0.29) is 3.42 Å². The molecule has 0 nitrogen and oxygen atoms in total. The Bertz CT molecular complexity index is 358. The lowest BCUT2D eigenvalue weighted by Crippen LogP contribution is -2.08. The second kappa shape index (κ2) is 2.58. The van der Waals surface area contributed by atoms with Gasteiger partial charge in [-0.15, -0.1) is 11.3 Å². The molecule has 0 saturated heterocycles. The van der Waals surface area contributed by atoms with Crippen LogP contribution in [0.15, 0.2) is 17.0 Å². The number of alkyl halides is 1. The average Bonchev–Trinajstić information content (AvgIpc) is 2.54. The molecule has 0 aromatic carbocycles. The van der Waals surface area contributed by atoms with Crippen molar-refractivity contribution in [2.24, 2.45) is 0 Å². The van der Waals surface area contributed by atoms with E-state index in [1.54, 1.807) is 0 Å². The number of halogens is 1. The van der Waals surface area contributed by atoms with Gasteiger partial charge in [0, 0.05) is 4.88 Å². The summed E-state index contributed by atoms with van der Waals surface area (Å²) in [6.07, 6.45) is 0. The number of thiophene rings is 1. The van der Waals surface area contributed by atoms with Gasteiger partial charge >= 0.3 is 0 Å². The van der Waals surface area contributed by atoms with Gasteiger partial charge in [0.1, 0.15) is 0 Å². The van der Waals surface area contributed by atoms with Crippen LogP contribution in [0.3, 0.4) is 0 Å². The molecular weight excluding hydrogens is 279 g/mol. The molecule has 0 amide bonds. The summed E-state index contributed by atoms with van der Waals surface area (Å²) in [5.41, 5.74) is 4.46. The third kappa shape index (κ3) is 0.940. The Hall–Kier alpha value is 0.170. The lowest BCUT2D eigenvalue weighted by molar-refractivity contribution is 0.902. The largest absolute Gasteiger partial charge is 0.147 e. The maximum Gasteiger partial charge on any atom is 0.0752 e. The van der Waals surface area contributed by atoms with Gasteiger partial charge in [-0.1, -0.05) is 22.6 Å². The van der Waals surface area contributed by atoms with Crippen molar-refractivity contribution in [3.05, 3.63) is 27.5 Å². The summed E-state index contributed by atoms with van der Waals surface area (Å²) < 4.78 is 0.255. The molecule has 1 aliphatic carbocycles. The maximum atomic E-state index is 2.55. The fourth-order valence-electron chi connectivity index (χ4n) is 1.69. The van der Waals surface area contributed by atoms with E-state index in [0.717, 1.165) is 0 Å².